The number of anilines is 1. The van der Waals surface area contributed by atoms with Gasteiger partial charge in [-0.2, -0.15) is 5.26 Å². The molecule has 1 amide bonds. The van der Waals surface area contributed by atoms with Gasteiger partial charge in [0.2, 0.25) is 0 Å². The number of nitriles is 1. The maximum absolute atomic E-state index is 12.9. The van der Waals surface area contributed by atoms with Gasteiger partial charge in [-0.05, 0) is 37.3 Å². The molecule has 1 heterocycles. The van der Waals surface area contributed by atoms with Crippen molar-refractivity contribution in [2.24, 2.45) is 0 Å². The number of aryl methyl sites for hydroxylation is 1. The SMILES string of the molecule is CN(/C=C(/C#N)C(=O)N1CCCc2ccccc21)C1CCCCC1. The van der Waals surface area contributed by atoms with E-state index in [0.29, 0.717) is 12.6 Å². The van der Waals surface area contributed by atoms with Crippen molar-refractivity contribution in [1.29, 1.82) is 5.26 Å². The van der Waals surface area contributed by atoms with Gasteiger partial charge in [-0.3, -0.25) is 4.79 Å². The number of fused-ring (bicyclic) bond motifs is 1. The van der Waals surface area contributed by atoms with Crippen molar-refractivity contribution in [2.45, 2.75) is 51.0 Å². The summed E-state index contributed by atoms with van der Waals surface area (Å²) in [7, 11) is 1.99. The van der Waals surface area contributed by atoms with Crippen molar-refractivity contribution in [3.8, 4) is 6.07 Å². The highest BCUT2D eigenvalue weighted by atomic mass is 16.2. The highest BCUT2D eigenvalue weighted by molar-refractivity contribution is 6.08. The summed E-state index contributed by atoms with van der Waals surface area (Å²) in [5.41, 5.74) is 2.38. The molecule has 1 aliphatic heterocycles. The van der Waals surface area contributed by atoms with Gasteiger partial charge in [0, 0.05) is 31.5 Å². The van der Waals surface area contributed by atoms with Crippen LogP contribution in [0.4, 0.5) is 5.69 Å². The molecule has 0 saturated heterocycles. The first kappa shape index (κ1) is 16.6. The highest BCUT2D eigenvalue weighted by Crippen LogP contribution is 2.28. The maximum atomic E-state index is 12.9. The largest absolute Gasteiger partial charge is 0.376 e. The Bertz CT molecular complexity index is 668. The lowest BCUT2D eigenvalue weighted by atomic mass is 9.94. The van der Waals surface area contributed by atoms with Gasteiger partial charge >= 0.3 is 0 Å². The van der Waals surface area contributed by atoms with Crippen molar-refractivity contribution >= 4 is 11.6 Å². The number of hydrogen-bond acceptors (Lipinski definition) is 3. The lowest BCUT2D eigenvalue weighted by Gasteiger charge is -2.32. The summed E-state index contributed by atoms with van der Waals surface area (Å²) in [5.74, 6) is -0.174. The third kappa shape index (κ3) is 3.46. The van der Waals surface area contributed by atoms with E-state index in [4.69, 9.17) is 0 Å². The molecule has 24 heavy (non-hydrogen) atoms. The first-order chi connectivity index (χ1) is 11.7. The highest BCUT2D eigenvalue weighted by Gasteiger charge is 2.26. The summed E-state index contributed by atoms with van der Waals surface area (Å²) in [6, 6.07) is 10.6. The third-order valence-corrected chi connectivity index (χ3v) is 5.19. The van der Waals surface area contributed by atoms with Crippen LogP contribution in [0.2, 0.25) is 0 Å². The number of amides is 1. The molecule has 0 radical (unpaired) electrons. The Kier molecular flexibility index (Phi) is 5.20. The van der Waals surface area contributed by atoms with Crippen LogP contribution in [0.15, 0.2) is 36.0 Å². The average molecular weight is 323 g/mol. The molecule has 1 fully saturated rings. The van der Waals surface area contributed by atoms with E-state index in [1.54, 1.807) is 11.1 Å². The van der Waals surface area contributed by atoms with Crippen LogP contribution in [0.3, 0.4) is 0 Å². The third-order valence-electron chi connectivity index (χ3n) is 5.19. The molecule has 4 nitrogen and oxygen atoms in total. The molecule has 1 aromatic rings. The second kappa shape index (κ2) is 7.53. The Hall–Kier alpha value is -2.28. The van der Waals surface area contributed by atoms with Crippen molar-refractivity contribution in [2.75, 3.05) is 18.5 Å². The topological polar surface area (TPSA) is 47.3 Å². The lowest BCUT2D eigenvalue weighted by Crippen LogP contribution is -2.37. The summed E-state index contributed by atoms with van der Waals surface area (Å²) in [5, 5.41) is 9.53. The van der Waals surface area contributed by atoms with E-state index in [2.05, 4.69) is 17.0 Å². The molecule has 0 unspecified atom stereocenters. The van der Waals surface area contributed by atoms with Crippen LogP contribution in [-0.4, -0.2) is 30.4 Å². The summed E-state index contributed by atoms with van der Waals surface area (Å²) >= 11 is 0. The average Bonchev–Trinajstić information content (AvgIpc) is 2.65. The number of para-hydroxylation sites is 1. The predicted octanol–water partition coefficient (Wildman–Crippen LogP) is 3.64. The van der Waals surface area contributed by atoms with Crippen LogP contribution >= 0.6 is 0 Å². The molecule has 1 saturated carbocycles. The second-order valence-electron chi connectivity index (χ2n) is 6.80. The van der Waals surface area contributed by atoms with Gasteiger partial charge in [0.05, 0.1) is 0 Å². The van der Waals surface area contributed by atoms with E-state index in [1.807, 2.05) is 25.2 Å². The molecule has 2 aliphatic rings. The molecular weight excluding hydrogens is 298 g/mol. The Morgan fingerprint density at radius 3 is 2.75 bits per heavy atom. The Morgan fingerprint density at radius 2 is 2.00 bits per heavy atom. The van der Waals surface area contributed by atoms with Crippen LogP contribution in [0, 0.1) is 11.3 Å². The molecule has 4 heteroatoms. The number of nitrogens with zero attached hydrogens (tertiary/aromatic N) is 3. The number of rotatable bonds is 3. The fourth-order valence-electron chi connectivity index (χ4n) is 3.82. The molecular formula is C20H25N3O. The minimum atomic E-state index is -0.174. The van der Waals surface area contributed by atoms with Crippen LogP contribution in [0.1, 0.15) is 44.1 Å². The van der Waals surface area contributed by atoms with Gasteiger partial charge in [0.1, 0.15) is 11.6 Å². The van der Waals surface area contributed by atoms with E-state index in [-0.39, 0.29) is 11.5 Å². The zero-order valence-corrected chi connectivity index (χ0v) is 14.4. The second-order valence-corrected chi connectivity index (χ2v) is 6.80. The molecule has 1 aromatic carbocycles. The minimum Gasteiger partial charge on any atom is -0.376 e. The van der Waals surface area contributed by atoms with Gasteiger partial charge in [0.25, 0.3) is 5.91 Å². The van der Waals surface area contributed by atoms with Crippen LogP contribution in [-0.2, 0) is 11.2 Å². The van der Waals surface area contributed by atoms with Gasteiger partial charge in [-0.25, -0.2) is 0 Å². The van der Waals surface area contributed by atoms with Crippen LogP contribution < -0.4 is 4.90 Å². The summed E-state index contributed by atoms with van der Waals surface area (Å²) < 4.78 is 0. The molecule has 0 N–H and O–H groups in total. The monoisotopic (exact) mass is 323 g/mol. The Balaban J connectivity index is 1.80. The fourth-order valence-corrected chi connectivity index (χ4v) is 3.82. The standard InChI is InChI=1S/C20H25N3O/c1-22(18-10-3-2-4-11-18)15-17(14-21)20(24)23-13-7-9-16-8-5-6-12-19(16)23/h5-6,8,12,15,18H,2-4,7,9-11,13H2,1H3/b17-15-. The van der Waals surface area contributed by atoms with Gasteiger partial charge in [-0.1, -0.05) is 37.5 Å². The molecule has 0 aromatic heterocycles. The smallest absolute Gasteiger partial charge is 0.270 e. The molecule has 0 bridgehead atoms. The van der Waals surface area contributed by atoms with Gasteiger partial charge in [-0.15, -0.1) is 0 Å². The van der Waals surface area contributed by atoms with Gasteiger partial charge < -0.3 is 9.80 Å². The first-order valence-corrected chi connectivity index (χ1v) is 8.94. The van der Waals surface area contributed by atoms with E-state index in [9.17, 15) is 10.1 Å². The Morgan fingerprint density at radius 1 is 1.25 bits per heavy atom. The van der Waals surface area contributed by atoms with Crippen LogP contribution in [0.5, 0.6) is 0 Å². The molecule has 0 spiro atoms. The zero-order valence-electron chi connectivity index (χ0n) is 14.4. The summed E-state index contributed by atoms with van der Waals surface area (Å²) in [6.07, 6.45) is 9.75. The van der Waals surface area contributed by atoms with Crippen molar-refractivity contribution in [3.05, 3.63) is 41.6 Å². The van der Waals surface area contributed by atoms with E-state index < -0.39 is 0 Å². The summed E-state index contributed by atoms with van der Waals surface area (Å²) in [4.78, 5) is 16.8. The number of carbonyl (C=O) groups excluding carboxylic acids is 1. The van der Waals surface area contributed by atoms with Crippen molar-refractivity contribution in [1.82, 2.24) is 4.90 Å². The zero-order chi connectivity index (χ0) is 16.9. The molecule has 0 atom stereocenters. The fraction of sp³-hybridized carbons (Fsp3) is 0.500. The molecule has 3 rings (SSSR count). The van der Waals surface area contributed by atoms with E-state index in [0.717, 1.165) is 31.4 Å². The molecule has 1 aliphatic carbocycles. The number of hydrogen-bond donors (Lipinski definition) is 0. The van der Waals surface area contributed by atoms with Crippen molar-refractivity contribution < 1.29 is 4.79 Å². The normalized spacial score (nSPS) is 18.7. The number of carbonyl (C=O) groups is 1. The van der Waals surface area contributed by atoms with Gasteiger partial charge in [0.15, 0.2) is 0 Å². The van der Waals surface area contributed by atoms with E-state index in [1.165, 1.54) is 24.8 Å². The predicted molar refractivity (Wildman–Crippen MR) is 95.4 cm³/mol. The van der Waals surface area contributed by atoms with Crippen molar-refractivity contribution in [3.63, 3.8) is 0 Å². The quantitative estimate of drug-likeness (QED) is 0.630. The maximum Gasteiger partial charge on any atom is 0.270 e. The van der Waals surface area contributed by atoms with Crippen LogP contribution in [0.25, 0.3) is 0 Å². The summed E-state index contributed by atoms with van der Waals surface area (Å²) in [6.45, 7) is 0.683. The number of benzene rings is 1. The Labute approximate surface area is 144 Å². The first-order valence-electron chi connectivity index (χ1n) is 8.94. The molecule has 126 valence electrons. The lowest BCUT2D eigenvalue weighted by molar-refractivity contribution is -0.114. The minimum absolute atomic E-state index is 0.174. The van der Waals surface area contributed by atoms with E-state index >= 15 is 0 Å².